The van der Waals surface area contributed by atoms with Gasteiger partial charge in [-0.2, -0.15) is 0 Å². The number of nitrogens with one attached hydrogen (secondary N) is 4. The van der Waals surface area contributed by atoms with Gasteiger partial charge >= 0.3 is 0 Å². The molecular formula is C62H90N8O6. The lowest BCUT2D eigenvalue weighted by Crippen LogP contribution is -2.59. The van der Waals surface area contributed by atoms with Crippen molar-refractivity contribution in [1.82, 2.24) is 40.9 Å². The van der Waals surface area contributed by atoms with Crippen LogP contribution in [-0.2, 0) is 41.9 Å². The van der Waals surface area contributed by atoms with Crippen LogP contribution in [-0.4, -0.2) is 132 Å². The summed E-state index contributed by atoms with van der Waals surface area (Å²) in [5.74, 6) is -0.527. The van der Waals surface area contributed by atoms with E-state index in [0.29, 0.717) is 52.1 Å². The first-order valence-corrected chi connectivity index (χ1v) is 28.3. The minimum Gasteiger partial charge on any atom is -0.342 e. The molecule has 414 valence electrons. The number of unbranched alkanes of at least 4 members (excludes halogenated alkanes) is 5. The Morgan fingerprint density at radius 3 is 1.25 bits per heavy atom. The Morgan fingerprint density at radius 2 is 0.882 bits per heavy atom. The summed E-state index contributed by atoms with van der Waals surface area (Å²) in [6.07, 6.45) is 9.14. The summed E-state index contributed by atoms with van der Waals surface area (Å²) in [5.41, 5.74) is 1.09. The Bertz CT molecular complexity index is 2420. The van der Waals surface area contributed by atoms with Gasteiger partial charge in [-0.05, 0) is 110 Å². The molecule has 4 aromatic rings. The monoisotopic (exact) mass is 1040 g/mol. The van der Waals surface area contributed by atoms with E-state index in [1.807, 2.05) is 97.5 Å². The number of rotatable bonds is 25. The Kier molecular flexibility index (Phi) is 21.5. The Morgan fingerprint density at radius 1 is 0.526 bits per heavy atom. The molecule has 4 aromatic carbocycles. The van der Waals surface area contributed by atoms with Crippen LogP contribution in [0.3, 0.4) is 0 Å². The molecular weight excluding hydrogens is 953 g/mol. The zero-order valence-electron chi connectivity index (χ0n) is 47.5. The number of nitrogens with zero attached hydrogens (tertiary/aromatic N) is 4. The number of hydrogen-bond donors (Lipinski definition) is 4. The molecule has 0 unspecified atom stereocenters. The van der Waals surface area contributed by atoms with Crippen LogP contribution in [0.1, 0.15) is 144 Å². The lowest BCUT2D eigenvalue weighted by molar-refractivity contribution is -0.142. The summed E-state index contributed by atoms with van der Waals surface area (Å²) in [5, 5.41) is 16.5. The van der Waals surface area contributed by atoms with Gasteiger partial charge in [0.15, 0.2) is 0 Å². The molecule has 2 aliphatic rings. The van der Waals surface area contributed by atoms with Crippen LogP contribution < -0.4 is 21.3 Å². The first-order chi connectivity index (χ1) is 36.2. The maximum absolute atomic E-state index is 14.4. The van der Waals surface area contributed by atoms with Gasteiger partial charge in [0.05, 0.1) is 12.1 Å². The highest BCUT2D eigenvalue weighted by atomic mass is 16.2. The zero-order valence-corrected chi connectivity index (χ0v) is 47.5. The fourth-order valence-electron chi connectivity index (χ4n) is 10.9. The molecule has 2 fully saturated rings. The highest BCUT2D eigenvalue weighted by Crippen LogP contribution is 2.30. The molecule has 0 aromatic heterocycles. The highest BCUT2D eigenvalue weighted by Gasteiger charge is 2.42. The van der Waals surface area contributed by atoms with Crippen molar-refractivity contribution in [2.75, 3.05) is 40.3 Å². The van der Waals surface area contributed by atoms with Crippen molar-refractivity contribution in [1.29, 1.82) is 0 Å². The van der Waals surface area contributed by atoms with Gasteiger partial charge in [0.1, 0.15) is 12.1 Å². The second-order valence-electron chi connectivity index (χ2n) is 23.7. The predicted molar refractivity (Wildman–Crippen MR) is 305 cm³/mol. The molecule has 6 rings (SSSR count). The van der Waals surface area contributed by atoms with Crippen molar-refractivity contribution in [2.45, 2.75) is 182 Å². The van der Waals surface area contributed by atoms with E-state index >= 15 is 0 Å². The number of hydrogen-bond acceptors (Lipinski definition) is 8. The van der Waals surface area contributed by atoms with Crippen molar-refractivity contribution in [2.24, 2.45) is 10.8 Å². The van der Waals surface area contributed by atoms with Crippen LogP contribution >= 0.6 is 0 Å². The molecule has 14 heteroatoms. The zero-order chi connectivity index (χ0) is 55.2. The number of carbonyl (C=O) groups excluding carboxylic acids is 6. The minimum atomic E-state index is -0.715. The Balaban J connectivity index is 1.07. The van der Waals surface area contributed by atoms with Gasteiger partial charge in [-0.1, -0.05) is 152 Å². The molecule has 2 saturated heterocycles. The molecule has 0 bridgehead atoms. The summed E-state index contributed by atoms with van der Waals surface area (Å²) in [4.78, 5) is 91.4. The van der Waals surface area contributed by atoms with Gasteiger partial charge in [-0.15, -0.1) is 0 Å². The standard InChI is InChI=1S/C62H90N8O6/c1-43(63-9)57(73)65-55(61(3,4)5)59(75)69-37-23-31-49(69)41-67(39-47-29-21-27-45-25-17-19-33-51(45)47)53(71)35-15-13-11-12-14-16-36-54(72)68(40-48-30-22-28-46-26-18-20-34-52(46)48)42-50-32-24-38-70(50)60(76)56(62(6,7)8)66-58(74)44(2)64-10/h17-22,25-30,33-34,43-44,49-50,55-56,63-64H,11-16,23-24,31-32,35-42H2,1-10H3,(H,65,73)(H,66,74)/t43-,44-,49-,50-,55+,56+/m0/s1. The van der Waals surface area contributed by atoms with Gasteiger partial charge in [0.25, 0.3) is 0 Å². The summed E-state index contributed by atoms with van der Waals surface area (Å²) >= 11 is 0. The van der Waals surface area contributed by atoms with E-state index in [1.165, 1.54) is 0 Å². The summed E-state index contributed by atoms with van der Waals surface area (Å²) < 4.78 is 0. The van der Waals surface area contributed by atoms with Crippen LogP contribution in [0.25, 0.3) is 21.5 Å². The molecule has 0 saturated carbocycles. The molecule has 0 radical (unpaired) electrons. The summed E-state index contributed by atoms with van der Waals surface area (Å²) in [7, 11) is 3.45. The SMILES string of the molecule is CN[C@@H](C)C(=O)N[C@H](C(=O)N1CCC[C@H]1CN(Cc1cccc2ccccc12)C(=O)CCCCCCCCC(=O)N(Cc1cccc2ccccc12)C[C@@H]1CCCN1C(=O)[C@@H](NC(=O)[C@H](C)NC)C(C)(C)C)C(C)(C)C. The Labute approximate surface area is 453 Å². The van der Waals surface area contributed by atoms with E-state index in [9.17, 15) is 28.8 Å². The van der Waals surface area contributed by atoms with Crippen LogP contribution in [0.2, 0.25) is 0 Å². The fourth-order valence-corrected chi connectivity index (χ4v) is 10.9. The third-order valence-electron chi connectivity index (χ3n) is 15.9. The summed E-state index contributed by atoms with van der Waals surface area (Å²) in [6.45, 7) is 18.3. The number of likely N-dealkylation sites (tertiary alicyclic amines) is 2. The van der Waals surface area contributed by atoms with Gasteiger partial charge in [0.2, 0.25) is 35.4 Å². The first kappa shape index (κ1) is 59.4. The molecule has 6 amide bonds. The van der Waals surface area contributed by atoms with E-state index in [1.54, 1.807) is 27.9 Å². The lowest BCUT2D eigenvalue weighted by Gasteiger charge is -2.37. The number of carbonyl (C=O) groups is 6. The molecule has 2 aliphatic heterocycles. The Hall–Kier alpha value is -5.86. The number of amides is 6. The number of likely N-dealkylation sites (N-methyl/N-ethyl adjacent to an activating group) is 2. The second-order valence-corrected chi connectivity index (χ2v) is 23.7. The fraction of sp³-hybridized carbons (Fsp3) is 0.581. The third-order valence-corrected chi connectivity index (χ3v) is 15.9. The molecule has 76 heavy (non-hydrogen) atoms. The van der Waals surface area contributed by atoms with Crippen molar-refractivity contribution in [3.8, 4) is 0 Å². The van der Waals surface area contributed by atoms with Gasteiger partial charge in [-0.3, -0.25) is 28.8 Å². The topological polar surface area (TPSA) is 163 Å². The first-order valence-electron chi connectivity index (χ1n) is 28.3. The number of fused-ring (bicyclic) bond motifs is 2. The van der Waals surface area contributed by atoms with Crippen molar-refractivity contribution >= 4 is 57.0 Å². The van der Waals surface area contributed by atoms with Gasteiger partial charge in [0, 0.05) is 64.2 Å². The molecule has 0 spiro atoms. The second kappa shape index (κ2) is 27.5. The van der Waals surface area contributed by atoms with Crippen molar-refractivity contribution in [3.63, 3.8) is 0 Å². The quantitative estimate of drug-likeness (QED) is 0.0479. The minimum absolute atomic E-state index is 0.0669. The predicted octanol–water partition coefficient (Wildman–Crippen LogP) is 8.73. The molecule has 6 atom stereocenters. The average Bonchev–Trinajstić information content (AvgIpc) is 4.08. The normalized spacial score (nSPS) is 17.6. The maximum Gasteiger partial charge on any atom is 0.246 e. The van der Waals surface area contributed by atoms with Crippen molar-refractivity contribution in [3.05, 3.63) is 96.1 Å². The van der Waals surface area contributed by atoms with Gasteiger partial charge < -0.3 is 40.9 Å². The summed E-state index contributed by atoms with van der Waals surface area (Å²) in [6, 6.07) is 26.2. The molecule has 4 N–H and O–H groups in total. The number of benzene rings is 4. The lowest BCUT2D eigenvalue weighted by atomic mass is 9.85. The van der Waals surface area contributed by atoms with E-state index in [-0.39, 0.29) is 47.5 Å². The largest absolute Gasteiger partial charge is 0.342 e. The molecule has 2 heterocycles. The molecule has 14 nitrogen and oxygen atoms in total. The van der Waals surface area contributed by atoms with Crippen LogP contribution in [0.5, 0.6) is 0 Å². The van der Waals surface area contributed by atoms with E-state index in [4.69, 9.17) is 0 Å². The molecule has 0 aliphatic carbocycles. The maximum atomic E-state index is 14.4. The van der Waals surface area contributed by atoms with Crippen LogP contribution in [0.4, 0.5) is 0 Å². The third kappa shape index (κ3) is 15.9. The van der Waals surface area contributed by atoms with E-state index in [0.717, 1.165) is 96.9 Å². The average molecular weight is 1040 g/mol. The van der Waals surface area contributed by atoms with Crippen LogP contribution in [0.15, 0.2) is 84.9 Å². The van der Waals surface area contributed by atoms with E-state index < -0.39 is 35.0 Å². The van der Waals surface area contributed by atoms with E-state index in [2.05, 4.69) is 69.8 Å². The van der Waals surface area contributed by atoms with Crippen molar-refractivity contribution < 1.29 is 28.8 Å². The smallest absolute Gasteiger partial charge is 0.246 e. The van der Waals surface area contributed by atoms with Gasteiger partial charge in [-0.25, -0.2) is 0 Å². The highest BCUT2D eigenvalue weighted by molar-refractivity contribution is 5.92. The van der Waals surface area contributed by atoms with Crippen LogP contribution in [0, 0.1) is 10.8 Å².